The second-order valence-electron chi connectivity index (χ2n) is 6.51. The summed E-state index contributed by atoms with van der Waals surface area (Å²) in [5.74, 6) is -0.806. The Morgan fingerprint density at radius 2 is 1.46 bits per heavy atom. The van der Waals surface area contributed by atoms with Gasteiger partial charge in [0.05, 0.1) is 0 Å². The minimum Gasteiger partial charge on any atom is -0.352 e. The van der Waals surface area contributed by atoms with Crippen LogP contribution in [-0.4, -0.2) is 53.8 Å². The molecule has 1 fully saturated rings. The SMILES string of the molecule is NC(=O)NCc1ccc(C(=O)N2CCN(C(=O)c3cccc(F)c3)CC2)cc1. The largest absolute Gasteiger partial charge is 0.352 e. The molecular weight excluding hydrogens is 363 g/mol. The zero-order chi connectivity index (χ0) is 20.1. The number of nitrogens with zero attached hydrogens (tertiary/aromatic N) is 2. The maximum Gasteiger partial charge on any atom is 0.312 e. The smallest absolute Gasteiger partial charge is 0.312 e. The van der Waals surface area contributed by atoms with E-state index in [4.69, 9.17) is 5.73 Å². The van der Waals surface area contributed by atoms with Gasteiger partial charge < -0.3 is 20.9 Å². The molecule has 1 aliphatic heterocycles. The molecular formula is C20H21FN4O3. The first kappa shape index (κ1) is 19.3. The van der Waals surface area contributed by atoms with Gasteiger partial charge in [-0.25, -0.2) is 9.18 Å². The molecule has 1 aliphatic rings. The third-order valence-electron chi connectivity index (χ3n) is 4.59. The highest BCUT2D eigenvalue weighted by Gasteiger charge is 2.25. The molecule has 0 bridgehead atoms. The monoisotopic (exact) mass is 384 g/mol. The number of carbonyl (C=O) groups is 3. The second kappa shape index (κ2) is 8.51. The Morgan fingerprint density at radius 1 is 0.893 bits per heavy atom. The average molecular weight is 384 g/mol. The second-order valence-corrected chi connectivity index (χ2v) is 6.51. The van der Waals surface area contributed by atoms with E-state index in [2.05, 4.69) is 5.32 Å². The van der Waals surface area contributed by atoms with E-state index in [0.29, 0.717) is 43.9 Å². The lowest BCUT2D eigenvalue weighted by atomic mass is 10.1. The molecule has 0 unspecified atom stereocenters. The number of hydrogen-bond donors (Lipinski definition) is 2. The van der Waals surface area contributed by atoms with Gasteiger partial charge in [0.1, 0.15) is 5.82 Å². The van der Waals surface area contributed by atoms with Crippen LogP contribution in [0.25, 0.3) is 0 Å². The molecule has 0 saturated carbocycles. The lowest BCUT2D eigenvalue weighted by molar-refractivity contribution is 0.0535. The minimum absolute atomic E-state index is 0.118. The first-order valence-electron chi connectivity index (χ1n) is 8.90. The van der Waals surface area contributed by atoms with Crippen molar-refractivity contribution in [3.63, 3.8) is 0 Å². The molecule has 1 saturated heterocycles. The van der Waals surface area contributed by atoms with Crippen molar-refractivity contribution in [3.8, 4) is 0 Å². The van der Waals surface area contributed by atoms with Crippen LogP contribution in [0.2, 0.25) is 0 Å². The lowest BCUT2D eigenvalue weighted by Gasteiger charge is -2.35. The lowest BCUT2D eigenvalue weighted by Crippen LogP contribution is -2.50. The molecule has 8 heteroatoms. The zero-order valence-corrected chi connectivity index (χ0v) is 15.2. The van der Waals surface area contributed by atoms with Gasteiger partial charge in [-0.15, -0.1) is 0 Å². The van der Waals surface area contributed by atoms with Crippen LogP contribution >= 0.6 is 0 Å². The molecule has 7 nitrogen and oxygen atoms in total. The van der Waals surface area contributed by atoms with Gasteiger partial charge in [0.2, 0.25) is 0 Å². The Bertz CT molecular complexity index is 877. The highest BCUT2D eigenvalue weighted by atomic mass is 19.1. The van der Waals surface area contributed by atoms with E-state index in [0.717, 1.165) is 5.56 Å². The van der Waals surface area contributed by atoms with Gasteiger partial charge in [-0.05, 0) is 35.9 Å². The van der Waals surface area contributed by atoms with Gasteiger partial charge in [0.25, 0.3) is 11.8 Å². The fourth-order valence-corrected chi connectivity index (χ4v) is 3.05. The first-order chi connectivity index (χ1) is 13.4. The molecule has 0 radical (unpaired) electrons. The molecule has 0 aliphatic carbocycles. The summed E-state index contributed by atoms with van der Waals surface area (Å²) in [4.78, 5) is 39.2. The summed E-state index contributed by atoms with van der Waals surface area (Å²) in [6, 6.07) is 11.9. The molecule has 0 aromatic heterocycles. The van der Waals surface area contributed by atoms with Gasteiger partial charge in [-0.1, -0.05) is 18.2 Å². The van der Waals surface area contributed by atoms with E-state index in [1.54, 1.807) is 40.1 Å². The number of benzene rings is 2. The van der Waals surface area contributed by atoms with Crippen molar-refractivity contribution in [1.82, 2.24) is 15.1 Å². The highest BCUT2D eigenvalue weighted by molar-refractivity contribution is 5.96. The number of amides is 4. The number of piperazine rings is 1. The van der Waals surface area contributed by atoms with Crippen LogP contribution in [0.1, 0.15) is 26.3 Å². The van der Waals surface area contributed by atoms with Crippen molar-refractivity contribution in [2.75, 3.05) is 26.2 Å². The summed E-state index contributed by atoms with van der Waals surface area (Å²) in [5.41, 5.74) is 6.71. The Balaban J connectivity index is 1.56. The van der Waals surface area contributed by atoms with Crippen LogP contribution in [0.5, 0.6) is 0 Å². The van der Waals surface area contributed by atoms with E-state index >= 15 is 0 Å². The minimum atomic E-state index is -0.606. The molecule has 2 aromatic rings. The molecule has 2 aromatic carbocycles. The summed E-state index contributed by atoms with van der Waals surface area (Å²) >= 11 is 0. The van der Waals surface area contributed by atoms with Crippen LogP contribution in [0.15, 0.2) is 48.5 Å². The molecule has 28 heavy (non-hydrogen) atoms. The number of rotatable bonds is 4. The van der Waals surface area contributed by atoms with E-state index < -0.39 is 11.8 Å². The average Bonchev–Trinajstić information content (AvgIpc) is 2.71. The summed E-state index contributed by atoms with van der Waals surface area (Å²) in [6.45, 7) is 1.89. The van der Waals surface area contributed by atoms with E-state index in [1.165, 1.54) is 18.2 Å². The summed E-state index contributed by atoms with van der Waals surface area (Å²) in [6.07, 6.45) is 0. The van der Waals surface area contributed by atoms with Gasteiger partial charge >= 0.3 is 6.03 Å². The third-order valence-corrected chi connectivity index (χ3v) is 4.59. The maximum atomic E-state index is 13.3. The van der Waals surface area contributed by atoms with Crippen molar-refractivity contribution >= 4 is 17.8 Å². The highest BCUT2D eigenvalue weighted by Crippen LogP contribution is 2.13. The van der Waals surface area contributed by atoms with Crippen molar-refractivity contribution in [2.45, 2.75) is 6.54 Å². The van der Waals surface area contributed by atoms with Crippen molar-refractivity contribution in [3.05, 3.63) is 71.0 Å². The van der Waals surface area contributed by atoms with Crippen LogP contribution in [0.4, 0.5) is 9.18 Å². The molecule has 3 N–H and O–H groups in total. The number of hydrogen-bond acceptors (Lipinski definition) is 3. The number of urea groups is 1. The van der Waals surface area contributed by atoms with Crippen molar-refractivity contribution < 1.29 is 18.8 Å². The fraction of sp³-hybridized carbons (Fsp3) is 0.250. The summed E-state index contributed by atoms with van der Waals surface area (Å²) in [5, 5.41) is 2.49. The first-order valence-corrected chi connectivity index (χ1v) is 8.90. The van der Waals surface area contributed by atoms with E-state index in [9.17, 15) is 18.8 Å². The van der Waals surface area contributed by atoms with E-state index in [-0.39, 0.29) is 11.8 Å². The Labute approximate surface area is 161 Å². The number of carbonyl (C=O) groups excluding carboxylic acids is 3. The predicted octanol–water partition coefficient (Wildman–Crippen LogP) is 1.59. The molecule has 3 rings (SSSR count). The Morgan fingerprint density at radius 3 is 2.00 bits per heavy atom. The maximum absolute atomic E-state index is 13.3. The zero-order valence-electron chi connectivity index (χ0n) is 15.2. The Hall–Kier alpha value is -3.42. The normalized spacial score (nSPS) is 13.9. The molecule has 0 spiro atoms. The van der Waals surface area contributed by atoms with Crippen LogP contribution in [0, 0.1) is 5.82 Å². The Kier molecular flexibility index (Phi) is 5.88. The molecule has 1 heterocycles. The van der Waals surface area contributed by atoms with Crippen molar-refractivity contribution in [1.29, 1.82) is 0 Å². The van der Waals surface area contributed by atoms with Gasteiger partial charge in [0, 0.05) is 43.9 Å². The standard InChI is InChI=1S/C20H21FN4O3/c21-17-3-1-2-16(12-17)19(27)25-10-8-24(9-11-25)18(26)15-6-4-14(5-7-15)13-23-20(22)28/h1-7,12H,8-11,13H2,(H3,22,23,28). The summed E-state index contributed by atoms with van der Waals surface area (Å²) in [7, 11) is 0. The quantitative estimate of drug-likeness (QED) is 0.838. The van der Waals surface area contributed by atoms with Crippen LogP contribution in [0.3, 0.4) is 0 Å². The van der Waals surface area contributed by atoms with Gasteiger partial charge in [0.15, 0.2) is 0 Å². The predicted molar refractivity (Wildman–Crippen MR) is 101 cm³/mol. The van der Waals surface area contributed by atoms with E-state index in [1.807, 2.05) is 0 Å². The molecule has 0 atom stereocenters. The number of primary amides is 1. The van der Waals surface area contributed by atoms with Gasteiger partial charge in [-0.3, -0.25) is 9.59 Å². The third kappa shape index (κ3) is 4.64. The number of nitrogens with two attached hydrogens (primary N) is 1. The number of halogens is 1. The molecule has 146 valence electrons. The fourth-order valence-electron chi connectivity index (χ4n) is 3.05. The van der Waals surface area contributed by atoms with Crippen LogP contribution in [-0.2, 0) is 6.54 Å². The van der Waals surface area contributed by atoms with Crippen LogP contribution < -0.4 is 11.1 Å². The topological polar surface area (TPSA) is 95.7 Å². The molecule has 4 amide bonds. The number of nitrogens with one attached hydrogen (secondary N) is 1. The van der Waals surface area contributed by atoms with Crippen molar-refractivity contribution in [2.24, 2.45) is 5.73 Å². The van der Waals surface area contributed by atoms with Gasteiger partial charge in [-0.2, -0.15) is 0 Å². The summed E-state index contributed by atoms with van der Waals surface area (Å²) < 4.78 is 13.3.